The van der Waals surface area contributed by atoms with E-state index in [2.05, 4.69) is 12.2 Å². The zero-order chi connectivity index (χ0) is 11.8. The van der Waals surface area contributed by atoms with Gasteiger partial charge in [0.15, 0.2) is 0 Å². The molecule has 1 heterocycles. The molecular weight excluding hydrogens is 226 g/mol. The van der Waals surface area contributed by atoms with Gasteiger partial charge in [0, 0.05) is 42.9 Å². The molecule has 1 N–H and O–H groups in total. The summed E-state index contributed by atoms with van der Waals surface area (Å²) in [7, 11) is 0.868. The molecule has 1 rings (SSSR count). The van der Waals surface area contributed by atoms with Crippen LogP contribution in [0.4, 0.5) is 0 Å². The number of rotatable bonds is 7. The average molecular weight is 249 g/mol. The highest BCUT2D eigenvalue weighted by atomic mass is 32.2. The second kappa shape index (κ2) is 8.17. The Kier molecular flexibility index (Phi) is 7.20. The van der Waals surface area contributed by atoms with Crippen LogP contribution in [0.25, 0.3) is 0 Å². The minimum Gasteiger partial charge on any atom is -0.385 e. The van der Waals surface area contributed by atoms with Crippen molar-refractivity contribution in [2.24, 2.45) is 0 Å². The summed E-state index contributed by atoms with van der Waals surface area (Å²) in [5, 5.41) is 3.55. The fraction of sp³-hybridized carbons (Fsp3) is 1.00. The van der Waals surface area contributed by atoms with Crippen molar-refractivity contribution < 1.29 is 13.7 Å². The topological polar surface area (TPSA) is 47.6 Å². The summed E-state index contributed by atoms with van der Waals surface area (Å²) in [6, 6.07) is 0.349. The Labute approximate surface area is 101 Å². The Morgan fingerprint density at radius 3 is 3.06 bits per heavy atom. The second-order valence-corrected chi connectivity index (χ2v) is 5.77. The third-order valence-electron chi connectivity index (χ3n) is 2.80. The number of ether oxygens (including phenoxy) is 2. The summed E-state index contributed by atoms with van der Waals surface area (Å²) in [6.07, 6.45) is 1.83. The Morgan fingerprint density at radius 2 is 2.38 bits per heavy atom. The molecule has 0 bridgehead atoms. The molecule has 5 heteroatoms. The van der Waals surface area contributed by atoms with Crippen molar-refractivity contribution in [2.45, 2.75) is 31.1 Å². The highest BCUT2D eigenvalue weighted by Crippen LogP contribution is 2.14. The van der Waals surface area contributed by atoms with Gasteiger partial charge in [0.1, 0.15) is 0 Å². The molecule has 1 aliphatic heterocycles. The van der Waals surface area contributed by atoms with Gasteiger partial charge < -0.3 is 14.8 Å². The van der Waals surface area contributed by atoms with E-state index >= 15 is 0 Å². The molecule has 3 unspecified atom stereocenters. The zero-order valence-electron chi connectivity index (χ0n) is 10.2. The molecule has 0 radical (unpaired) electrons. The molecule has 16 heavy (non-hydrogen) atoms. The summed E-state index contributed by atoms with van der Waals surface area (Å²) in [6.45, 7) is 5.10. The van der Waals surface area contributed by atoms with Crippen LogP contribution in [0, 0.1) is 0 Å². The van der Waals surface area contributed by atoms with Crippen molar-refractivity contribution in [3.8, 4) is 0 Å². The average Bonchev–Trinajstić information content (AvgIpc) is 2.30. The lowest BCUT2D eigenvalue weighted by atomic mass is 10.1. The maximum Gasteiger partial charge on any atom is 0.0735 e. The van der Waals surface area contributed by atoms with Crippen molar-refractivity contribution in [3.05, 3.63) is 0 Å². The maximum atomic E-state index is 12.1. The van der Waals surface area contributed by atoms with E-state index in [1.54, 1.807) is 7.11 Å². The fourth-order valence-corrected chi connectivity index (χ4v) is 3.52. The fourth-order valence-electron chi connectivity index (χ4n) is 1.96. The lowest BCUT2D eigenvalue weighted by Crippen LogP contribution is -2.49. The van der Waals surface area contributed by atoms with E-state index < -0.39 is 10.8 Å². The first-order valence-corrected chi connectivity index (χ1v) is 7.35. The van der Waals surface area contributed by atoms with Crippen LogP contribution in [-0.2, 0) is 20.3 Å². The molecule has 0 saturated carbocycles. The second-order valence-electron chi connectivity index (χ2n) is 4.00. The summed E-state index contributed by atoms with van der Waals surface area (Å²) in [4.78, 5) is 0. The van der Waals surface area contributed by atoms with Crippen LogP contribution in [0.2, 0.25) is 0 Å². The molecule has 96 valence electrons. The standard InChI is InChI=1S/C11H23NO3S/c1-3-12-10-5-7-15-9-11(10)16(13)8-4-6-14-2/h10-12H,3-9H2,1-2H3. The summed E-state index contributed by atoms with van der Waals surface area (Å²) >= 11 is 0. The summed E-state index contributed by atoms with van der Waals surface area (Å²) in [5.74, 6) is 0.712. The molecule has 0 spiro atoms. The minimum absolute atomic E-state index is 0.144. The number of nitrogens with one attached hydrogen (secondary N) is 1. The smallest absolute Gasteiger partial charge is 0.0735 e. The van der Waals surface area contributed by atoms with E-state index in [-0.39, 0.29) is 5.25 Å². The van der Waals surface area contributed by atoms with Crippen LogP contribution in [0.15, 0.2) is 0 Å². The monoisotopic (exact) mass is 249 g/mol. The SMILES string of the molecule is CCNC1CCOCC1S(=O)CCCOC. The molecule has 1 aliphatic rings. The van der Waals surface area contributed by atoms with Gasteiger partial charge >= 0.3 is 0 Å². The van der Waals surface area contributed by atoms with Crippen LogP contribution in [-0.4, -0.2) is 54.7 Å². The highest BCUT2D eigenvalue weighted by molar-refractivity contribution is 7.85. The molecule has 0 aromatic rings. The quantitative estimate of drug-likeness (QED) is 0.669. The van der Waals surface area contributed by atoms with E-state index in [0.29, 0.717) is 25.0 Å². The predicted octanol–water partition coefficient (Wildman–Crippen LogP) is 0.539. The first-order chi connectivity index (χ1) is 7.79. The zero-order valence-corrected chi connectivity index (χ0v) is 11.1. The first-order valence-electron chi connectivity index (χ1n) is 5.96. The van der Waals surface area contributed by atoms with Gasteiger partial charge in [0.25, 0.3) is 0 Å². The number of methoxy groups -OCH3 is 1. The van der Waals surface area contributed by atoms with E-state index in [9.17, 15) is 4.21 Å². The van der Waals surface area contributed by atoms with Gasteiger partial charge in [-0.25, -0.2) is 0 Å². The van der Waals surface area contributed by atoms with Gasteiger partial charge in [0.2, 0.25) is 0 Å². The van der Waals surface area contributed by atoms with E-state index in [1.807, 2.05) is 0 Å². The van der Waals surface area contributed by atoms with Crippen molar-refractivity contribution in [1.29, 1.82) is 0 Å². The highest BCUT2D eigenvalue weighted by Gasteiger charge is 2.29. The third-order valence-corrected chi connectivity index (χ3v) is 4.63. The van der Waals surface area contributed by atoms with E-state index in [4.69, 9.17) is 9.47 Å². The maximum absolute atomic E-state index is 12.1. The van der Waals surface area contributed by atoms with Gasteiger partial charge in [-0.2, -0.15) is 0 Å². The molecule has 0 amide bonds. The van der Waals surface area contributed by atoms with Gasteiger partial charge in [-0.15, -0.1) is 0 Å². The normalized spacial score (nSPS) is 27.9. The number of hydrogen-bond donors (Lipinski definition) is 1. The van der Waals surface area contributed by atoms with E-state index in [0.717, 1.165) is 26.0 Å². The largest absolute Gasteiger partial charge is 0.385 e. The third kappa shape index (κ3) is 4.49. The Morgan fingerprint density at radius 1 is 1.56 bits per heavy atom. The molecule has 1 saturated heterocycles. The first kappa shape index (κ1) is 14.1. The summed E-state index contributed by atoms with van der Waals surface area (Å²) in [5.41, 5.74) is 0. The van der Waals surface area contributed by atoms with Gasteiger partial charge in [0.05, 0.1) is 11.9 Å². The lowest BCUT2D eigenvalue weighted by Gasteiger charge is -2.31. The van der Waals surface area contributed by atoms with Crippen molar-refractivity contribution in [3.63, 3.8) is 0 Å². The van der Waals surface area contributed by atoms with Crippen LogP contribution >= 0.6 is 0 Å². The van der Waals surface area contributed by atoms with E-state index in [1.165, 1.54) is 0 Å². The minimum atomic E-state index is -0.807. The lowest BCUT2D eigenvalue weighted by molar-refractivity contribution is 0.0824. The Hall–Kier alpha value is 0.0300. The molecular formula is C11H23NO3S. The summed E-state index contributed by atoms with van der Waals surface area (Å²) < 4.78 is 22.5. The van der Waals surface area contributed by atoms with Crippen LogP contribution in [0.1, 0.15) is 19.8 Å². The van der Waals surface area contributed by atoms with Crippen LogP contribution in [0.3, 0.4) is 0 Å². The molecule has 0 aliphatic carbocycles. The number of hydrogen-bond acceptors (Lipinski definition) is 4. The van der Waals surface area contributed by atoms with Crippen molar-refractivity contribution >= 4 is 10.8 Å². The van der Waals surface area contributed by atoms with Gasteiger partial charge in [-0.05, 0) is 19.4 Å². The van der Waals surface area contributed by atoms with Gasteiger partial charge in [-0.3, -0.25) is 4.21 Å². The van der Waals surface area contributed by atoms with Crippen molar-refractivity contribution in [2.75, 3.05) is 39.2 Å². The molecule has 3 atom stereocenters. The predicted molar refractivity (Wildman–Crippen MR) is 66.2 cm³/mol. The van der Waals surface area contributed by atoms with Crippen LogP contribution in [0.5, 0.6) is 0 Å². The Bertz CT molecular complexity index is 211. The molecule has 1 fully saturated rings. The van der Waals surface area contributed by atoms with Gasteiger partial charge in [-0.1, -0.05) is 6.92 Å². The molecule has 0 aromatic carbocycles. The Balaban J connectivity index is 2.37. The molecule has 4 nitrogen and oxygen atoms in total. The van der Waals surface area contributed by atoms with Crippen LogP contribution < -0.4 is 5.32 Å². The molecule has 0 aromatic heterocycles. The van der Waals surface area contributed by atoms with Crippen molar-refractivity contribution in [1.82, 2.24) is 5.32 Å².